The van der Waals surface area contributed by atoms with Crippen LogP contribution >= 0.6 is 0 Å². The minimum absolute atomic E-state index is 0.166. The van der Waals surface area contributed by atoms with Gasteiger partial charge in [-0.2, -0.15) is 0 Å². The van der Waals surface area contributed by atoms with Gasteiger partial charge in [0, 0.05) is 12.0 Å². The third-order valence-corrected chi connectivity index (χ3v) is 4.67. The van der Waals surface area contributed by atoms with Crippen molar-refractivity contribution in [3.8, 4) is 0 Å². The summed E-state index contributed by atoms with van der Waals surface area (Å²) in [5, 5.41) is 0. The van der Waals surface area contributed by atoms with E-state index in [1.807, 2.05) is 0 Å². The number of hydrogen-bond acceptors (Lipinski definition) is 2. The number of nitrogens with two attached hydrogens (primary N) is 1. The Balaban J connectivity index is 2.20. The van der Waals surface area contributed by atoms with E-state index in [0.717, 1.165) is 19.4 Å². The van der Waals surface area contributed by atoms with Gasteiger partial charge in [0.1, 0.15) is 0 Å². The van der Waals surface area contributed by atoms with E-state index >= 15 is 0 Å². The lowest BCUT2D eigenvalue weighted by molar-refractivity contribution is 0.515. The molecule has 0 aliphatic heterocycles. The quantitative estimate of drug-likeness (QED) is 0.296. The van der Waals surface area contributed by atoms with Gasteiger partial charge < -0.3 is 0 Å². The number of rotatable bonds is 7. The molecule has 122 valence electrons. The van der Waals surface area contributed by atoms with Gasteiger partial charge in [0.15, 0.2) is 0 Å². The third-order valence-electron chi connectivity index (χ3n) is 4.67. The second-order valence-corrected chi connectivity index (χ2v) is 6.06. The minimum atomic E-state index is -0.166. The zero-order chi connectivity index (χ0) is 16.7. The van der Waals surface area contributed by atoms with Gasteiger partial charge in [-0.3, -0.25) is 11.3 Å². The van der Waals surface area contributed by atoms with Crippen LogP contribution < -0.4 is 11.3 Å². The average molecular weight is 316 g/mol. The minimum Gasteiger partial charge on any atom is -0.271 e. The van der Waals surface area contributed by atoms with Gasteiger partial charge in [0.05, 0.1) is 0 Å². The summed E-state index contributed by atoms with van der Waals surface area (Å²) in [7, 11) is 0. The molecule has 0 fully saturated rings. The first kappa shape index (κ1) is 16.4. The van der Waals surface area contributed by atoms with Crippen molar-refractivity contribution in [1.82, 2.24) is 5.43 Å². The molecule has 3 aromatic rings. The summed E-state index contributed by atoms with van der Waals surface area (Å²) in [6, 6.07) is 32.4. The van der Waals surface area contributed by atoms with Crippen molar-refractivity contribution in [3.05, 3.63) is 108 Å². The summed E-state index contributed by atoms with van der Waals surface area (Å²) in [4.78, 5) is 0. The summed E-state index contributed by atoms with van der Waals surface area (Å²) in [5.41, 5.74) is 6.59. The van der Waals surface area contributed by atoms with E-state index in [1.54, 1.807) is 0 Å². The fraction of sp³-hybridized carbons (Fsp3) is 0.182. The van der Waals surface area contributed by atoms with Crippen molar-refractivity contribution in [2.75, 3.05) is 6.54 Å². The highest BCUT2D eigenvalue weighted by Crippen LogP contribution is 2.42. The molecular weight excluding hydrogens is 292 g/mol. The topological polar surface area (TPSA) is 38.0 Å². The fourth-order valence-electron chi connectivity index (χ4n) is 3.56. The molecule has 0 heterocycles. The zero-order valence-electron chi connectivity index (χ0n) is 13.9. The highest BCUT2D eigenvalue weighted by atomic mass is 15.2. The van der Waals surface area contributed by atoms with Gasteiger partial charge >= 0.3 is 0 Å². The summed E-state index contributed by atoms with van der Waals surface area (Å²) in [5.74, 6) is 5.52. The molecule has 0 amide bonds. The Kier molecular flexibility index (Phi) is 5.42. The molecule has 0 saturated heterocycles. The van der Waals surface area contributed by atoms with Crippen molar-refractivity contribution < 1.29 is 0 Å². The van der Waals surface area contributed by atoms with Crippen LogP contribution in [0.15, 0.2) is 91.0 Å². The molecule has 0 atom stereocenters. The van der Waals surface area contributed by atoms with Crippen LogP contribution in [0.3, 0.4) is 0 Å². The average Bonchev–Trinajstić information content (AvgIpc) is 2.68. The highest BCUT2D eigenvalue weighted by Gasteiger charge is 2.35. The molecule has 24 heavy (non-hydrogen) atoms. The lowest BCUT2D eigenvalue weighted by Crippen LogP contribution is -2.32. The Morgan fingerprint density at radius 1 is 0.625 bits per heavy atom. The van der Waals surface area contributed by atoms with Gasteiger partial charge in [0.25, 0.3) is 0 Å². The molecule has 3 rings (SSSR count). The highest BCUT2D eigenvalue weighted by molar-refractivity contribution is 5.50. The Labute approximate surface area is 144 Å². The normalized spacial score (nSPS) is 11.4. The molecule has 0 bridgehead atoms. The lowest BCUT2D eigenvalue weighted by Gasteiger charge is -2.36. The fourth-order valence-corrected chi connectivity index (χ4v) is 3.56. The molecule has 2 nitrogen and oxygen atoms in total. The van der Waals surface area contributed by atoms with Crippen LogP contribution in [0, 0.1) is 0 Å². The smallest absolute Gasteiger partial charge is 0.0451 e. The van der Waals surface area contributed by atoms with Crippen LogP contribution in [0.2, 0.25) is 0 Å². The zero-order valence-corrected chi connectivity index (χ0v) is 13.9. The Hall–Kier alpha value is -2.42. The molecule has 0 spiro atoms. The molecule has 0 saturated carbocycles. The van der Waals surface area contributed by atoms with Crippen LogP contribution in [0.4, 0.5) is 0 Å². The Morgan fingerprint density at radius 3 is 1.33 bits per heavy atom. The van der Waals surface area contributed by atoms with Gasteiger partial charge in [-0.1, -0.05) is 91.0 Å². The molecule has 0 aliphatic carbocycles. The van der Waals surface area contributed by atoms with Crippen molar-refractivity contribution in [2.24, 2.45) is 5.84 Å². The second-order valence-electron chi connectivity index (χ2n) is 6.06. The summed E-state index contributed by atoms with van der Waals surface area (Å²) < 4.78 is 0. The van der Waals surface area contributed by atoms with E-state index < -0.39 is 0 Å². The number of hydrazine groups is 1. The molecule has 3 N–H and O–H groups in total. The first-order chi connectivity index (χ1) is 11.9. The summed E-state index contributed by atoms with van der Waals surface area (Å²) in [6.45, 7) is 0.800. The van der Waals surface area contributed by atoms with E-state index in [-0.39, 0.29) is 5.41 Å². The van der Waals surface area contributed by atoms with Crippen molar-refractivity contribution in [3.63, 3.8) is 0 Å². The Morgan fingerprint density at radius 2 is 1.00 bits per heavy atom. The van der Waals surface area contributed by atoms with Gasteiger partial charge in [0.2, 0.25) is 0 Å². The van der Waals surface area contributed by atoms with Crippen LogP contribution in [0.1, 0.15) is 29.5 Å². The largest absolute Gasteiger partial charge is 0.271 e. The number of nitrogens with one attached hydrogen (secondary N) is 1. The standard InChI is InChI=1S/C22H24N2/c23-24-18-10-17-22(19-11-4-1-5-12-19,20-13-6-2-7-14-20)21-15-8-3-9-16-21/h1-9,11-16,24H,10,17-18,23H2. The molecule has 0 radical (unpaired) electrons. The maximum absolute atomic E-state index is 5.52. The number of benzene rings is 3. The SMILES string of the molecule is NNCCCC(c1ccccc1)(c1ccccc1)c1ccccc1. The predicted molar refractivity (Wildman–Crippen MR) is 101 cm³/mol. The number of hydrogen-bond donors (Lipinski definition) is 2. The first-order valence-electron chi connectivity index (χ1n) is 8.48. The van der Waals surface area contributed by atoms with E-state index in [4.69, 9.17) is 5.84 Å². The molecular formula is C22H24N2. The maximum Gasteiger partial charge on any atom is 0.0451 e. The van der Waals surface area contributed by atoms with Crippen molar-refractivity contribution in [1.29, 1.82) is 0 Å². The lowest BCUT2D eigenvalue weighted by atomic mass is 9.67. The first-order valence-corrected chi connectivity index (χ1v) is 8.48. The third kappa shape index (κ3) is 3.25. The van der Waals surface area contributed by atoms with Crippen LogP contribution in [-0.2, 0) is 5.41 Å². The molecule has 3 aromatic carbocycles. The molecule has 0 aromatic heterocycles. The maximum atomic E-state index is 5.52. The Bertz CT molecular complexity index is 627. The van der Waals surface area contributed by atoms with E-state index in [2.05, 4.69) is 96.4 Å². The predicted octanol–water partition coefficient (Wildman–Crippen LogP) is 4.26. The van der Waals surface area contributed by atoms with E-state index in [9.17, 15) is 0 Å². The van der Waals surface area contributed by atoms with E-state index in [1.165, 1.54) is 16.7 Å². The summed E-state index contributed by atoms with van der Waals surface area (Å²) >= 11 is 0. The van der Waals surface area contributed by atoms with Crippen molar-refractivity contribution in [2.45, 2.75) is 18.3 Å². The second kappa shape index (κ2) is 7.91. The molecule has 0 aliphatic rings. The monoisotopic (exact) mass is 316 g/mol. The van der Waals surface area contributed by atoms with Crippen LogP contribution in [-0.4, -0.2) is 6.54 Å². The summed E-state index contributed by atoms with van der Waals surface area (Å²) in [6.07, 6.45) is 1.99. The molecule has 0 unspecified atom stereocenters. The van der Waals surface area contributed by atoms with Crippen LogP contribution in [0.5, 0.6) is 0 Å². The van der Waals surface area contributed by atoms with Crippen molar-refractivity contribution >= 4 is 0 Å². The molecule has 2 heteroatoms. The van der Waals surface area contributed by atoms with E-state index in [0.29, 0.717) is 0 Å². The van der Waals surface area contributed by atoms with Gasteiger partial charge in [-0.15, -0.1) is 0 Å². The van der Waals surface area contributed by atoms with Gasteiger partial charge in [-0.25, -0.2) is 0 Å². The van der Waals surface area contributed by atoms with Gasteiger partial charge in [-0.05, 0) is 29.5 Å². The van der Waals surface area contributed by atoms with Crippen LogP contribution in [0.25, 0.3) is 0 Å².